The van der Waals surface area contributed by atoms with Crippen LogP contribution in [0.1, 0.15) is 46.1 Å². The molecule has 1 aromatic carbocycles. The zero-order chi connectivity index (χ0) is 27.8. The first kappa shape index (κ1) is 29.3. The van der Waals surface area contributed by atoms with Crippen molar-refractivity contribution in [2.24, 2.45) is 0 Å². The molecule has 12 heteroatoms. The van der Waals surface area contributed by atoms with Crippen molar-refractivity contribution in [1.29, 1.82) is 0 Å². The van der Waals surface area contributed by atoms with Gasteiger partial charge in [0.05, 0.1) is 7.11 Å². The summed E-state index contributed by atoms with van der Waals surface area (Å²) in [6.07, 6.45) is -4.74. The zero-order valence-electron chi connectivity index (χ0n) is 21.3. The number of carbonyl (C=O) groups excluding carboxylic acids is 6. The molecule has 1 amide bonds. The first-order chi connectivity index (χ1) is 17.4. The molecule has 0 aromatic heterocycles. The van der Waals surface area contributed by atoms with Crippen LogP contribution in [0.2, 0.25) is 0 Å². The maximum absolute atomic E-state index is 13.7. The molecule has 2 unspecified atom stereocenters. The monoisotopic (exact) mass is 521 g/mol. The molecule has 0 heterocycles. The first-order valence-corrected chi connectivity index (χ1v) is 11.5. The van der Waals surface area contributed by atoms with Crippen LogP contribution in [0.5, 0.6) is 0 Å². The number of rotatable bonds is 9. The van der Waals surface area contributed by atoms with E-state index in [-0.39, 0.29) is 6.42 Å². The van der Waals surface area contributed by atoms with Crippen LogP contribution < -0.4 is 5.32 Å². The SMILES string of the molecule is COC(=O)[C@H](Cc1ccccc1)NC(=O)C1(OC(C)=O)C[C@H](OC(C)=O)C(OC(C)=O)[C@H](OC(C)=O)C1. The van der Waals surface area contributed by atoms with Crippen LogP contribution in [0, 0.1) is 0 Å². The third kappa shape index (κ3) is 8.29. The molecule has 0 radical (unpaired) electrons. The zero-order valence-corrected chi connectivity index (χ0v) is 21.3. The van der Waals surface area contributed by atoms with Crippen LogP contribution in [0.15, 0.2) is 30.3 Å². The Morgan fingerprint density at radius 2 is 1.35 bits per heavy atom. The lowest BCUT2D eigenvalue weighted by atomic mass is 9.78. The van der Waals surface area contributed by atoms with E-state index in [1.165, 1.54) is 0 Å². The molecule has 202 valence electrons. The minimum atomic E-state index is -2.05. The fourth-order valence-corrected chi connectivity index (χ4v) is 4.26. The van der Waals surface area contributed by atoms with Gasteiger partial charge in [-0.25, -0.2) is 4.79 Å². The summed E-state index contributed by atoms with van der Waals surface area (Å²) in [7, 11) is 1.16. The number of methoxy groups -OCH3 is 1. The van der Waals surface area contributed by atoms with Crippen LogP contribution in [-0.4, -0.2) is 72.8 Å². The van der Waals surface area contributed by atoms with Crippen molar-refractivity contribution in [3.05, 3.63) is 35.9 Å². The van der Waals surface area contributed by atoms with E-state index in [0.29, 0.717) is 5.56 Å². The number of nitrogens with one attached hydrogen (secondary N) is 1. The molecule has 1 aliphatic rings. The van der Waals surface area contributed by atoms with Gasteiger partial charge < -0.3 is 29.0 Å². The molecule has 0 aliphatic heterocycles. The van der Waals surface area contributed by atoms with Gasteiger partial charge in [0, 0.05) is 47.0 Å². The fourth-order valence-electron chi connectivity index (χ4n) is 4.26. The van der Waals surface area contributed by atoms with Gasteiger partial charge in [-0.05, 0) is 5.56 Å². The molecule has 37 heavy (non-hydrogen) atoms. The van der Waals surface area contributed by atoms with E-state index in [1.807, 2.05) is 0 Å². The Morgan fingerprint density at radius 3 is 1.78 bits per heavy atom. The number of ether oxygens (including phenoxy) is 5. The predicted octanol–water partition coefficient (Wildman–Crippen LogP) is 0.778. The second kappa shape index (κ2) is 12.8. The highest BCUT2D eigenvalue weighted by Gasteiger charge is 2.57. The summed E-state index contributed by atoms with van der Waals surface area (Å²) in [6.45, 7) is 4.37. The van der Waals surface area contributed by atoms with Crippen molar-refractivity contribution >= 4 is 35.8 Å². The van der Waals surface area contributed by atoms with Crippen molar-refractivity contribution in [2.75, 3.05) is 7.11 Å². The largest absolute Gasteiger partial charge is 0.467 e. The van der Waals surface area contributed by atoms with E-state index in [2.05, 4.69) is 5.32 Å². The molecule has 5 atom stereocenters. The Kier molecular flexibility index (Phi) is 10.2. The minimum Gasteiger partial charge on any atom is -0.467 e. The lowest BCUT2D eigenvalue weighted by Crippen LogP contribution is -2.64. The number of esters is 5. The van der Waals surface area contributed by atoms with Crippen molar-refractivity contribution in [2.45, 2.75) is 76.9 Å². The van der Waals surface area contributed by atoms with Gasteiger partial charge in [0.15, 0.2) is 11.7 Å². The molecule has 0 spiro atoms. The number of carbonyl (C=O) groups is 6. The quantitative estimate of drug-likeness (QED) is 0.361. The molecule has 0 saturated heterocycles. The molecule has 1 aliphatic carbocycles. The topological polar surface area (TPSA) is 161 Å². The maximum Gasteiger partial charge on any atom is 0.328 e. The standard InChI is InChI=1S/C25H31NO11/c1-14(27)34-20-12-25(37-17(4)30,13-21(35-15(2)28)22(20)36-16(3)29)24(32)26-19(23(31)33-5)11-18-9-7-6-8-10-18/h6-10,19-22H,11-13H2,1-5H3,(H,26,32)/t19-,20-,21+,22?,25?/m0/s1. The van der Waals surface area contributed by atoms with E-state index in [0.717, 1.165) is 34.8 Å². The number of hydrogen-bond donors (Lipinski definition) is 1. The Hall–Kier alpha value is -3.96. The van der Waals surface area contributed by atoms with Crippen molar-refractivity contribution in [1.82, 2.24) is 5.32 Å². The van der Waals surface area contributed by atoms with Gasteiger partial charge in [0.25, 0.3) is 5.91 Å². The Morgan fingerprint density at radius 1 is 0.838 bits per heavy atom. The Labute approximate surface area is 213 Å². The Bertz CT molecular complexity index is 997. The number of amides is 1. The summed E-state index contributed by atoms with van der Waals surface area (Å²) >= 11 is 0. The molecule has 1 saturated carbocycles. The highest BCUT2D eigenvalue weighted by atomic mass is 16.6. The average molecular weight is 522 g/mol. The van der Waals surface area contributed by atoms with E-state index >= 15 is 0 Å². The molecule has 1 aromatic rings. The summed E-state index contributed by atoms with van der Waals surface area (Å²) in [5, 5.41) is 2.56. The highest BCUT2D eigenvalue weighted by molar-refractivity contribution is 5.92. The Balaban J connectivity index is 2.49. The van der Waals surface area contributed by atoms with Crippen LogP contribution >= 0.6 is 0 Å². The second-order valence-corrected chi connectivity index (χ2v) is 8.60. The van der Waals surface area contributed by atoms with Gasteiger partial charge in [-0.15, -0.1) is 0 Å². The van der Waals surface area contributed by atoms with Crippen LogP contribution in [-0.2, 0) is 58.9 Å². The number of benzene rings is 1. The van der Waals surface area contributed by atoms with E-state index in [1.54, 1.807) is 30.3 Å². The molecule has 2 rings (SSSR count). The lowest BCUT2D eigenvalue weighted by molar-refractivity contribution is -0.215. The van der Waals surface area contributed by atoms with Gasteiger partial charge in [0.2, 0.25) is 0 Å². The van der Waals surface area contributed by atoms with Gasteiger partial charge in [0.1, 0.15) is 18.2 Å². The molecular weight excluding hydrogens is 490 g/mol. The predicted molar refractivity (Wildman–Crippen MR) is 124 cm³/mol. The van der Waals surface area contributed by atoms with Crippen LogP contribution in [0.25, 0.3) is 0 Å². The van der Waals surface area contributed by atoms with E-state index in [9.17, 15) is 28.8 Å². The molecular formula is C25H31NO11. The molecule has 1 N–H and O–H groups in total. The van der Waals surface area contributed by atoms with Gasteiger partial charge in [-0.3, -0.25) is 24.0 Å². The maximum atomic E-state index is 13.7. The minimum absolute atomic E-state index is 0.0617. The van der Waals surface area contributed by atoms with Crippen LogP contribution in [0.3, 0.4) is 0 Å². The molecule has 0 bridgehead atoms. The van der Waals surface area contributed by atoms with Crippen molar-refractivity contribution in [3.63, 3.8) is 0 Å². The first-order valence-electron chi connectivity index (χ1n) is 11.5. The third-order valence-corrected chi connectivity index (χ3v) is 5.56. The molecule has 12 nitrogen and oxygen atoms in total. The van der Waals surface area contributed by atoms with Gasteiger partial charge in [-0.1, -0.05) is 30.3 Å². The smallest absolute Gasteiger partial charge is 0.328 e. The average Bonchev–Trinajstić information content (AvgIpc) is 2.79. The van der Waals surface area contributed by atoms with E-state index in [4.69, 9.17) is 23.7 Å². The fraction of sp³-hybridized carbons (Fsp3) is 0.520. The second-order valence-electron chi connectivity index (χ2n) is 8.60. The summed E-state index contributed by atoms with van der Waals surface area (Å²) in [6, 6.07) is 7.64. The third-order valence-electron chi connectivity index (χ3n) is 5.56. The van der Waals surface area contributed by atoms with Crippen molar-refractivity contribution < 1.29 is 52.5 Å². The van der Waals surface area contributed by atoms with Gasteiger partial charge >= 0.3 is 29.8 Å². The highest BCUT2D eigenvalue weighted by Crippen LogP contribution is 2.38. The number of hydrogen-bond acceptors (Lipinski definition) is 11. The summed E-state index contributed by atoms with van der Waals surface area (Å²) in [5.41, 5.74) is -1.33. The summed E-state index contributed by atoms with van der Waals surface area (Å²) < 4.78 is 26.2. The van der Waals surface area contributed by atoms with Gasteiger partial charge in [-0.2, -0.15) is 0 Å². The summed E-state index contributed by atoms with van der Waals surface area (Å²) in [5.74, 6) is -4.83. The lowest BCUT2D eigenvalue weighted by Gasteiger charge is -2.45. The van der Waals surface area contributed by atoms with Crippen LogP contribution in [0.4, 0.5) is 0 Å². The summed E-state index contributed by atoms with van der Waals surface area (Å²) in [4.78, 5) is 73.8. The van der Waals surface area contributed by atoms with Crippen molar-refractivity contribution in [3.8, 4) is 0 Å². The molecule has 1 fully saturated rings. The van der Waals surface area contributed by atoms with E-state index < -0.39 is 78.6 Å². The normalized spacial score (nSPS) is 23.5.